The van der Waals surface area contributed by atoms with Crippen LogP contribution in [0.4, 0.5) is 0 Å². The molecule has 1 saturated heterocycles. The highest BCUT2D eigenvalue weighted by atomic mass is 32.2. The van der Waals surface area contributed by atoms with Gasteiger partial charge in [-0.15, -0.1) is 0 Å². The predicted octanol–water partition coefficient (Wildman–Crippen LogP) is 1.28. The van der Waals surface area contributed by atoms with Gasteiger partial charge in [0.15, 0.2) is 9.84 Å². The minimum absolute atomic E-state index is 0.129. The van der Waals surface area contributed by atoms with Gasteiger partial charge in [0.2, 0.25) is 0 Å². The van der Waals surface area contributed by atoms with Crippen LogP contribution in [0, 0.1) is 12.8 Å². The Labute approximate surface area is 95.9 Å². The molecule has 2 atom stereocenters. The highest BCUT2D eigenvalue weighted by Crippen LogP contribution is 2.21. The summed E-state index contributed by atoms with van der Waals surface area (Å²) in [5.74, 6) is 2.08. The van der Waals surface area contributed by atoms with E-state index >= 15 is 0 Å². The van der Waals surface area contributed by atoms with Crippen LogP contribution in [0.5, 0.6) is 0 Å². The zero-order valence-electron chi connectivity index (χ0n) is 9.56. The Morgan fingerprint density at radius 3 is 2.75 bits per heavy atom. The topological polar surface area (TPSA) is 59.3 Å². The lowest BCUT2D eigenvalue weighted by Gasteiger charge is -2.12. The predicted molar refractivity (Wildman–Crippen MR) is 62.0 cm³/mol. The van der Waals surface area contributed by atoms with Crippen LogP contribution in [-0.4, -0.2) is 26.5 Å². The highest BCUT2D eigenvalue weighted by molar-refractivity contribution is 7.91. The molecule has 0 aromatic carbocycles. The van der Waals surface area contributed by atoms with Gasteiger partial charge >= 0.3 is 0 Å². The van der Waals surface area contributed by atoms with Gasteiger partial charge in [-0.2, -0.15) is 0 Å². The molecule has 1 aliphatic heterocycles. The highest BCUT2D eigenvalue weighted by Gasteiger charge is 2.28. The molecular formula is C11H17NO3S. The van der Waals surface area contributed by atoms with E-state index in [0.29, 0.717) is 6.54 Å². The van der Waals surface area contributed by atoms with Gasteiger partial charge in [0.1, 0.15) is 11.5 Å². The van der Waals surface area contributed by atoms with Gasteiger partial charge in [0.25, 0.3) is 0 Å². The van der Waals surface area contributed by atoms with E-state index in [2.05, 4.69) is 5.32 Å². The molecule has 0 radical (unpaired) electrons. The molecule has 16 heavy (non-hydrogen) atoms. The fourth-order valence-electron chi connectivity index (χ4n) is 2.04. The van der Waals surface area contributed by atoms with E-state index in [9.17, 15) is 8.42 Å². The van der Waals surface area contributed by atoms with Crippen molar-refractivity contribution in [2.45, 2.75) is 19.9 Å². The van der Waals surface area contributed by atoms with Crippen molar-refractivity contribution in [1.82, 2.24) is 5.32 Å². The van der Waals surface area contributed by atoms with Crippen molar-refractivity contribution in [2.24, 2.45) is 5.92 Å². The lowest BCUT2D eigenvalue weighted by molar-refractivity contribution is 0.409. The summed E-state index contributed by atoms with van der Waals surface area (Å²) in [6, 6.07) is 3.50. The summed E-state index contributed by atoms with van der Waals surface area (Å²) in [7, 11) is -2.98. The van der Waals surface area contributed by atoms with E-state index in [1.54, 1.807) is 0 Å². The Hall–Kier alpha value is -0.810. The van der Waals surface area contributed by atoms with E-state index in [-0.39, 0.29) is 23.5 Å². The van der Waals surface area contributed by atoms with Crippen LogP contribution in [0.2, 0.25) is 0 Å². The maximum Gasteiger partial charge on any atom is 0.152 e. The zero-order valence-corrected chi connectivity index (χ0v) is 10.4. The average molecular weight is 243 g/mol. The van der Waals surface area contributed by atoms with Crippen LogP contribution < -0.4 is 5.32 Å². The SMILES string of the molecule is Cc1ccc(C2CS(=O)(=O)CC(C)CN2)o1. The molecule has 0 bridgehead atoms. The molecule has 1 N–H and O–H groups in total. The van der Waals surface area contributed by atoms with Gasteiger partial charge in [-0.1, -0.05) is 6.92 Å². The van der Waals surface area contributed by atoms with Gasteiger partial charge in [-0.25, -0.2) is 8.42 Å². The quantitative estimate of drug-likeness (QED) is 0.807. The minimum atomic E-state index is -2.98. The molecule has 0 aliphatic carbocycles. The Bertz CT molecular complexity index is 463. The van der Waals surface area contributed by atoms with Crippen LogP contribution in [-0.2, 0) is 9.84 Å². The summed E-state index contributed by atoms with van der Waals surface area (Å²) in [6.45, 7) is 4.52. The average Bonchev–Trinajstić information content (AvgIpc) is 2.52. The second kappa shape index (κ2) is 4.22. The molecule has 0 amide bonds. The van der Waals surface area contributed by atoms with Crippen LogP contribution in [0.25, 0.3) is 0 Å². The first-order valence-electron chi connectivity index (χ1n) is 5.46. The van der Waals surface area contributed by atoms with Gasteiger partial charge in [0.05, 0.1) is 17.5 Å². The van der Waals surface area contributed by atoms with E-state index in [0.717, 1.165) is 11.5 Å². The van der Waals surface area contributed by atoms with Crippen molar-refractivity contribution in [2.75, 3.05) is 18.1 Å². The molecule has 2 rings (SSSR count). The monoisotopic (exact) mass is 243 g/mol. The molecular weight excluding hydrogens is 226 g/mol. The number of hydrogen-bond acceptors (Lipinski definition) is 4. The Morgan fingerprint density at radius 1 is 1.38 bits per heavy atom. The fraction of sp³-hybridized carbons (Fsp3) is 0.636. The number of aryl methyl sites for hydroxylation is 1. The first kappa shape index (κ1) is 11.7. The Morgan fingerprint density at radius 2 is 2.12 bits per heavy atom. The molecule has 1 fully saturated rings. The van der Waals surface area contributed by atoms with Crippen molar-refractivity contribution in [3.05, 3.63) is 23.7 Å². The second-order valence-corrected chi connectivity index (χ2v) is 6.75. The molecule has 1 aromatic heterocycles. The number of rotatable bonds is 1. The molecule has 90 valence electrons. The van der Waals surface area contributed by atoms with Crippen molar-refractivity contribution in [3.8, 4) is 0 Å². The maximum atomic E-state index is 11.8. The number of nitrogens with one attached hydrogen (secondary N) is 1. The lowest BCUT2D eigenvalue weighted by atomic mass is 10.2. The first-order chi connectivity index (χ1) is 7.46. The molecule has 1 aliphatic rings. The third-order valence-corrected chi connectivity index (χ3v) is 4.69. The number of sulfone groups is 1. The summed E-state index contributed by atoms with van der Waals surface area (Å²) in [5.41, 5.74) is 0. The number of furan rings is 1. The second-order valence-electron chi connectivity index (χ2n) is 4.59. The van der Waals surface area contributed by atoms with Gasteiger partial charge in [-0.05, 0) is 31.5 Å². The van der Waals surface area contributed by atoms with E-state index < -0.39 is 9.84 Å². The van der Waals surface area contributed by atoms with Gasteiger partial charge in [0, 0.05) is 0 Å². The van der Waals surface area contributed by atoms with Gasteiger partial charge in [-0.3, -0.25) is 0 Å². The summed E-state index contributed by atoms with van der Waals surface area (Å²) in [4.78, 5) is 0. The fourth-order valence-corrected chi connectivity index (χ4v) is 3.95. The molecule has 1 aromatic rings. The lowest BCUT2D eigenvalue weighted by Crippen LogP contribution is -2.25. The Balaban J connectivity index is 2.23. The van der Waals surface area contributed by atoms with Crippen LogP contribution in [0.1, 0.15) is 24.5 Å². The van der Waals surface area contributed by atoms with Crippen LogP contribution >= 0.6 is 0 Å². The third-order valence-electron chi connectivity index (χ3n) is 2.78. The minimum Gasteiger partial charge on any atom is -0.465 e. The summed E-state index contributed by atoms with van der Waals surface area (Å²) >= 11 is 0. The molecule has 2 unspecified atom stereocenters. The molecule has 5 heteroatoms. The normalized spacial score (nSPS) is 29.9. The van der Waals surface area contributed by atoms with Crippen molar-refractivity contribution >= 4 is 9.84 Å². The molecule has 0 saturated carbocycles. The third kappa shape index (κ3) is 2.65. The van der Waals surface area contributed by atoms with E-state index in [1.165, 1.54) is 0 Å². The smallest absolute Gasteiger partial charge is 0.152 e. The summed E-state index contributed by atoms with van der Waals surface area (Å²) in [6.07, 6.45) is 0. The van der Waals surface area contributed by atoms with E-state index in [4.69, 9.17) is 4.42 Å². The van der Waals surface area contributed by atoms with Crippen molar-refractivity contribution < 1.29 is 12.8 Å². The summed E-state index contributed by atoms with van der Waals surface area (Å²) in [5, 5.41) is 3.24. The van der Waals surface area contributed by atoms with E-state index in [1.807, 2.05) is 26.0 Å². The van der Waals surface area contributed by atoms with Crippen LogP contribution in [0.15, 0.2) is 16.5 Å². The zero-order chi connectivity index (χ0) is 11.8. The van der Waals surface area contributed by atoms with Crippen LogP contribution in [0.3, 0.4) is 0 Å². The number of hydrogen-bond donors (Lipinski definition) is 1. The standard InChI is InChI=1S/C11H17NO3S/c1-8-5-12-10(7-16(13,14)6-8)11-4-3-9(2)15-11/h3-4,8,10,12H,5-7H2,1-2H3. The van der Waals surface area contributed by atoms with Crippen molar-refractivity contribution in [3.63, 3.8) is 0 Å². The Kier molecular flexibility index (Phi) is 3.08. The molecule has 2 heterocycles. The summed E-state index contributed by atoms with van der Waals surface area (Å²) < 4.78 is 29.1. The molecule has 4 nitrogen and oxygen atoms in total. The largest absolute Gasteiger partial charge is 0.465 e. The first-order valence-corrected chi connectivity index (χ1v) is 7.28. The van der Waals surface area contributed by atoms with Crippen molar-refractivity contribution in [1.29, 1.82) is 0 Å². The molecule has 0 spiro atoms. The van der Waals surface area contributed by atoms with Gasteiger partial charge < -0.3 is 9.73 Å². The maximum absolute atomic E-state index is 11.8.